The molecule has 17 heavy (non-hydrogen) atoms. The Labute approximate surface area is 106 Å². The van der Waals surface area contributed by atoms with Crippen molar-refractivity contribution in [2.24, 2.45) is 0 Å². The van der Waals surface area contributed by atoms with Gasteiger partial charge in [-0.15, -0.1) is 0 Å². The number of hydrogen-bond acceptors (Lipinski definition) is 4. The monoisotopic (exact) mass is 251 g/mol. The molecule has 1 aliphatic heterocycles. The summed E-state index contributed by atoms with van der Waals surface area (Å²) in [5.74, 6) is 2.02. The van der Waals surface area contributed by atoms with E-state index in [-0.39, 0.29) is 12.0 Å². The summed E-state index contributed by atoms with van der Waals surface area (Å²) in [6, 6.07) is 10.0. The summed E-state index contributed by atoms with van der Waals surface area (Å²) < 4.78 is 5.24. The highest BCUT2D eigenvalue weighted by atomic mass is 32.2. The molecule has 3 nitrogen and oxygen atoms in total. The van der Waals surface area contributed by atoms with Gasteiger partial charge in [-0.2, -0.15) is 11.8 Å². The third kappa shape index (κ3) is 4.40. The number of hydrogen-bond donors (Lipinski definition) is 1. The van der Waals surface area contributed by atoms with E-state index in [1.807, 2.05) is 42.1 Å². The fraction of sp³-hybridized carbons (Fsp3) is 0.462. The predicted molar refractivity (Wildman–Crippen MR) is 70.0 cm³/mol. The first-order chi connectivity index (χ1) is 8.34. The summed E-state index contributed by atoms with van der Waals surface area (Å²) in [5, 5.41) is 3.33. The molecule has 92 valence electrons. The topological polar surface area (TPSA) is 38.3 Å². The molecule has 0 saturated carbocycles. The number of esters is 1. The molecule has 0 bridgehead atoms. The molecule has 1 unspecified atom stereocenters. The van der Waals surface area contributed by atoms with E-state index in [1.54, 1.807) is 0 Å². The zero-order valence-corrected chi connectivity index (χ0v) is 10.5. The van der Waals surface area contributed by atoms with Crippen molar-refractivity contribution < 1.29 is 9.53 Å². The van der Waals surface area contributed by atoms with Gasteiger partial charge in [0.25, 0.3) is 0 Å². The van der Waals surface area contributed by atoms with E-state index in [9.17, 15) is 4.79 Å². The number of rotatable bonds is 4. The largest absolute Gasteiger partial charge is 0.461 e. The summed E-state index contributed by atoms with van der Waals surface area (Å²) >= 11 is 1.89. The molecule has 2 rings (SSSR count). The van der Waals surface area contributed by atoms with Gasteiger partial charge in [-0.05, 0) is 5.56 Å². The lowest BCUT2D eigenvalue weighted by Crippen LogP contribution is -2.39. The minimum absolute atomic E-state index is 0.117. The molecular formula is C13H17NO2S. The zero-order valence-electron chi connectivity index (χ0n) is 9.72. The Balaban J connectivity index is 1.70. The van der Waals surface area contributed by atoms with Gasteiger partial charge in [0, 0.05) is 24.1 Å². The van der Waals surface area contributed by atoms with Crippen molar-refractivity contribution in [1.82, 2.24) is 5.32 Å². The summed E-state index contributed by atoms with van der Waals surface area (Å²) in [4.78, 5) is 11.6. The Morgan fingerprint density at radius 3 is 2.94 bits per heavy atom. The molecule has 4 heteroatoms. The molecule has 0 radical (unpaired) electrons. The van der Waals surface area contributed by atoms with Crippen molar-refractivity contribution >= 4 is 17.7 Å². The van der Waals surface area contributed by atoms with Crippen LogP contribution in [0.4, 0.5) is 0 Å². The third-order valence-electron chi connectivity index (χ3n) is 2.65. The SMILES string of the molecule is O=C(CC1CSCCN1)OCc1ccccc1. The quantitative estimate of drug-likeness (QED) is 0.829. The van der Waals surface area contributed by atoms with Crippen molar-refractivity contribution in [3.8, 4) is 0 Å². The van der Waals surface area contributed by atoms with Crippen molar-refractivity contribution in [2.45, 2.75) is 19.1 Å². The third-order valence-corrected chi connectivity index (χ3v) is 3.79. The molecule has 1 fully saturated rings. The summed E-state index contributed by atoms with van der Waals surface area (Å²) in [5.41, 5.74) is 1.03. The second-order valence-electron chi connectivity index (χ2n) is 4.08. The van der Waals surface area contributed by atoms with Crippen molar-refractivity contribution in [3.63, 3.8) is 0 Å². The molecule has 0 aliphatic carbocycles. The van der Waals surface area contributed by atoms with Crippen molar-refractivity contribution in [1.29, 1.82) is 0 Å². The Kier molecular flexibility index (Phi) is 4.88. The molecule has 1 saturated heterocycles. The molecule has 1 aromatic rings. The molecule has 0 amide bonds. The van der Waals surface area contributed by atoms with Crippen molar-refractivity contribution in [3.05, 3.63) is 35.9 Å². The molecule has 0 aromatic heterocycles. The maximum atomic E-state index is 11.6. The fourth-order valence-corrected chi connectivity index (χ4v) is 2.70. The number of carbonyl (C=O) groups excluding carboxylic acids is 1. The van der Waals surface area contributed by atoms with E-state index in [4.69, 9.17) is 4.74 Å². The lowest BCUT2D eigenvalue weighted by Gasteiger charge is -2.22. The second kappa shape index (κ2) is 6.67. The van der Waals surface area contributed by atoms with Crippen LogP contribution in [0, 0.1) is 0 Å². The van der Waals surface area contributed by atoms with Crippen LogP contribution < -0.4 is 5.32 Å². The lowest BCUT2D eigenvalue weighted by atomic mass is 10.2. The smallest absolute Gasteiger partial charge is 0.307 e. The van der Waals surface area contributed by atoms with Gasteiger partial charge in [-0.3, -0.25) is 4.79 Å². The first kappa shape index (κ1) is 12.5. The van der Waals surface area contributed by atoms with Crippen LogP contribution >= 0.6 is 11.8 Å². The minimum atomic E-state index is -0.117. The Morgan fingerprint density at radius 2 is 2.24 bits per heavy atom. The van der Waals surface area contributed by atoms with Gasteiger partial charge in [-0.1, -0.05) is 30.3 Å². The average Bonchev–Trinajstić information content (AvgIpc) is 2.39. The van der Waals surface area contributed by atoms with Gasteiger partial charge >= 0.3 is 5.97 Å². The number of nitrogens with one attached hydrogen (secondary N) is 1. The van der Waals surface area contributed by atoms with Crippen LogP contribution in [0.1, 0.15) is 12.0 Å². The Morgan fingerprint density at radius 1 is 1.41 bits per heavy atom. The summed E-state index contributed by atoms with van der Waals surface area (Å²) in [6.07, 6.45) is 0.472. The van der Waals surface area contributed by atoms with E-state index >= 15 is 0 Å². The first-order valence-corrected chi connectivity index (χ1v) is 7.01. The van der Waals surface area contributed by atoms with Crippen molar-refractivity contribution in [2.75, 3.05) is 18.1 Å². The Hall–Kier alpha value is -1.00. The van der Waals surface area contributed by atoms with Gasteiger partial charge in [-0.25, -0.2) is 0 Å². The molecular weight excluding hydrogens is 234 g/mol. The van der Waals surface area contributed by atoms with Crippen LogP contribution in [-0.4, -0.2) is 30.1 Å². The van der Waals surface area contributed by atoms with Gasteiger partial charge in [0.15, 0.2) is 0 Å². The molecule has 0 spiro atoms. The second-order valence-corrected chi connectivity index (χ2v) is 5.23. The van der Waals surface area contributed by atoms with E-state index < -0.39 is 0 Å². The normalized spacial score (nSPS) is 19.9. The number of carbonyl (C=O) groups is 1. The van der Waals surface area contributed by atoms with Crippen LogP contribution in [0.15, 0.2) is 30.3 Å². The highest BCUT2D eigenvalue weighted by Crippen LogP contribution is 2.11. The standard InChI is InChI=1S/C13H17NO2S/c15-13(8-12-10-17-7-6-14-12)16-9-11-4-2-1-3-5-11/h1-5,12,14H,6-10H2. The fourth-order valence-electron chi connectivity index (χ4n) is 1.75. The van der Waals surface area contributed by atoms with Gasteiger partial charge in [0.05, 0.1) is 6.42 Å². The van der Waals surface area contributed by atoms with E-state index in [1.165, 1.54) is 0 Å². The highest BCUT2D eigenvalue weighted by molar-refractivity contribution is 7.99. The maximum Gasteiger partial charge on any atom is 0.307 e. The predicted octanol–water partition coefficient (Wildman–Crippen LogP) is 1.82. The maximum absolute atomic E-state index is 11.6. The summed E-state index contributed by atoms with van der Waals surface area (Å²) in [7, 11) is 0. The van der Waals surface area contributed by atoms with Gasteiger partial charge < -0.3 is 10.1 Å². The Bertz CT molecular complexity index is 350. The van der Waals surface area contributed by atoms with E-state index in [0.29, 0.717) is 13.0 Å². The molecule has 1 aromatic carbocycles. The zero-order chi connectivity index (χ0) is 11.9. The van der Waals surface area contributed by atoms with Gasteiger partial charge in [0.2, 0.25) is 0 Å². The number of ether oxygens (including phenoxy) is 1. The molecule has 1 N–H and O–H groups in total. The molecule has 1 aliphatic rings. The van der Waals surface area contributed by atoms with Gasteiger partial charge in [0.1, 0.15) is 6.61 Å². The number of thioether (sulfide) groups is 1. The minimum Gasteiger partial charge on any atom is -0.461 e. The lowest BCUT2D eigenvalue weighted by molar-refractivity contribution is -0.145. The van der Waals surface area contributed by atoms with Crippen LogP contribution in [0.5, 0.6) is 0 Å². The first-order valence-electron chi connectivity index (χ1n) is 5.85. The van der Waals surface area contributed by atoms with Crippen LogP contribution in [0.3, 0.4) is 0 Å². The van der Waals surface area contributed by atoms with Crippen LogP contribution in [-0.2, 0) is 16.1 Å². The van der Waals surface area contributed by atoms with Crippen LogP contribution in [0.2, 0.25) is 0 Å². The summed E-state index contributed by atoms with van der Waals surface area (Å²) in [6.45, 7) is 1.36. The molecule has 1 heterocycles. The van der Waals surface area contributed by atoms with Crippen LogP contribution in [0.25, 0.3) is 0 Å². The van der Waals surface area contributed by atoms with E-state index in [0.717, 1.165) is 23.6 Å². The highest BCUT2D eigenvalue weighted by Gasteiger charge is 2.17. The number of benzene rings is 1. The molecule has 1 atom stereocenters. The average molecular weight is 251 g/mol. The van der Waals surface area contributed by atoms with E-state index in [2.05, 4.69) is 5.32 Å².